The lowest BCUT2D eigenvalue weighted by atomic mass is 9.87. The topological polar surface area (TPSA) is 72.7 Å². The Kier molecular flexibility index (Phi) is 7.16. The first kappa shape index (κ1) is 24.0. The third-order valence-corrected chi connectivity index (χ3v) is 5.49. The Balaban J connectivity index is 1.72. The molecule has 0 unspecified atom stereocenters. The molecule has 2 aromatic carbocycles. The second-order valence-corrected chi connectivity index (χ2v) is 8.96. The highest BCUT2D eigenvalue weighted by Crippen LogP contribution is 2.22. The van der Waals surface area contributed by atoms with Crippen molar-refractivity contribution < 1.29 is 14.3 Å². The molecule has 6 heteroatoms. The fraction of sp³-hybridized carbons (Fsp3) is 0.296. The van der Waals surface area contributed by atoms with Crippen LogP contribution in [0.1, 0.15) is 70.9 Å². The van der Waals surface area contributed by atoms with Gasteiger partial charge in [0.05, 0.1) is 18.4 Å². The third kappa shape index (κ3) is 5.58. The van der Waals surface area contributed by atoms with Crippen LogP contribution in [0.15, 0.2) is 59.7 Å². The molecule has 1 amide bonds. The third-order valence-electron chi connectivity index (χ3n) is 5.49. The molecule has 0 spiro atoms. The number of nitrogens with zero attached hydrogens (tertiary/aromatic N) is 2. The first-order valence-electron chi connectivity index (χ1n) is 11.0. The standard InChI is InChI=1S/C27H31N3O3/c1-7-33-26(32)21-10-14-24(15-11-21)30-18(2)16-22(19(30)3)17-28-29-25(31)20-8-12-23(13-9-20)27(4,5)6/h8-17H,7H2,1-6H3,(H,29,31)/b28-17-. The summed E-state index contributed by atoms with van der Waals surface area (Å²) < 4.78 is 7.12. The number of aromatic nitrogens is 1. The number of aryl methyl sites for hydroxylation is 1. The molecule has 172 valence electrons. The molecule has 0 radical (unpaired) electrons. The van der Waals surface area contributed by atoms with Crippen molar-refractivity contribution in [2.45, 2.75) is 47.0 Å². The molecule has 3 aromatic rings. The van der Waals surface area contributed by atoms with E-state index in [1.54, 1.807) is 25.3 Å². The number of carbonyl (C=O) groups excluding carboxylic acids is 2. The summed E-state index contributed by atoms with van der Waals surface area (Å²) in [7, 11) is 0. The van der Waals surface area contributed by atoms with E-state index in [1.165, 1.54) is 5.56 Å². The number of nitrogens with one attached hydrogen (secondary N) is 1. The largest absolute Gasteiger partial charge is 0.462 e. The SMILES string of the molecule is CCOC(=O)c1ccc(-n2c(C)cc(/C=N\NC(=O)c3ccc(C(C)(C)C)cc3)c2C)cc1. The van der Waals surface area contributed by atoms with E-state index in [9.17, 15) is 9.59 Å². The van der Waals surface area contributed by atoms with Crippen LogP contribution in [0.3, 0.4) is 0 Å². The maximum absolute atomic E-state index is 12.4. The molecular formula is C27H31N3O3. The lowest BCUT2D eigenvalue weighted by Crippen LogP contribution is -2.18. The van der Waals surface area contributed by atoms with Crippen LogP contribution in [-0.2, 0) is 10.2 Å². The summed E-state index contributed by atoms with van der Waals surface area (Å²) in [6, 6.07) is 16.9. The molecule has 0 saturated carbocycles. The summed E-state index contributed by atoms with van der Waals surface area (Å²) >= 11 is 0. The van der Waals surface area contributed by atoms with Crippen molar-refractivity contribution in [3.63, 3.8) is 0 Å². The Bertz CT molecular complexity index is 1170. The summed E-state index contributed by atoms with van der Waals surface area (Å²) in [4.78, 5) is 24.3. The van der Waals surface area contributed by atoms with Crippen LogP contribution in [0.25, 0.3) is 5.69 Å². The number of esters is 1. The smallest absolute Gasteiger partial charge is 0.338 e. The Labute approximate surface area is 195 Å². The van der Waals surface area contributed by atoms with Crippen molar-refractivity contribution in [2.75, 3.05) is 6.61 Å². The Morgan fingerprint density at radius 1 is 1.00 bits per heavy atom. The molecule has 0 bridgehead atoms. The Morgan fingerprint density at radius 3 is 2.18 bits per heavy atom. The van der Waals surface area contributed by atoms with Crippen molar-refractivity contribution in [3.05, 3.63) is 88.2 Å². The van der Waals surface area contributed by atoms with E-state index in [2.05, 4.69) is 35.9 Å². The van der Waals surface area contributed by atoms with E-state index in [1.807, 2.05) is 56.3 Å². The monoisotopic (exact) mass is 445 g/mol. The van der Waals surface area contributed by atoms with E-state index < -0.39 is 0 Å². The van der Waals surface area contributed by atoms with Gasteiger partial charge in [0.1, 0.15) is 0 Å². The molecule has 0 fully saturated rings. The van der Waals surface area contributed by atoms with Crippen LogP contribution < -0.4 is 5.43 Å². The first-order valence-corrected chi connectivity index (χ1v) is 11.0. The molecule has 33 heavy (non-hydrogen) atoms. The van der Waals surface area contributed by atoms with Gasteiger partial charge >= 0.3 is 5.97 Å². The normalized spacial score (nSPS) is 11.6. The fourth-order valence-electron chi connectivity index (χ4n) is 3.62. The van der Waals surface area contributed by atoms with Gasteiger partial charge in [-0.25, -0.2) is 10.2 Å². The van der Waals surface area contributed by atoms with Crippen LogP contribution in [0.2, 0.25) is 0 Å². The molecule has 6 nitrogen and oxygen atoms in total. The summed E-state index contributed by atoms with van der Waals surface area (Å²) in [6.45, 7) is 12.5. The highest BCUT2D eigenvalue weighted by Gasteiger charge is 2.14. The van der Waals surface area contributed by atoms with Crippen molar-refractivity contribution in [2.24, 2.45) is 5.10 Å². The van der Waals surface area contributed by atoms with Gasteiger partial charge in [0, 0.05) is 28.2 Å². The average Bonchev–Trinajstić information content (AvgIpc) is 3.06. The number of amides is 1. The lowest BCUT2D eigenvalue weighted by Gasteiger charge is -2.18. The quantitative estimate of drug-likeness (QED) is 0.317. The van der Waals surface area contributed by atoms with Gasteiger partial charge in [0.15, 0.2) is 0 Å². The maximum Gasteiger partial charge on any atom is 0.338 e. The van der Waals surface area contributed by atoms with E-state index in [4.69, 9.17) is 4.74 Å². The zero-order valence-corrected chi connectivity index (χ0v) is 20.1. The van der Waals surface area contributed by atoms with Crippen molar-refractivity contribution in [1.29, 1.82) is 0 Å². The number of benzene rings is 2. The Hall–Kier alpha value is -3.67. The second-order valence-electron chi connectivity index (χ2n) is 8.96. The van der Waals surface area contributed by atoms with Gasteiger partial charge in [-0.2, -0.15) is 5.10 Å². The summed E-state index contributed by atoms with van der Waals surface area (Å²) in [5.74, 6) is -0.586. The predicted molar refractivity (Wildman–Crippen MR) is 131 cm³/mol. The number of hydrogen-bond donors (Lipinski definition) is 1. The van der Waals surface area contributed by atoms with Crippen LogP contribution >= 0.6 is 0 Å². The van der Waals surface area contributed by atoms with Crippen molar-refractivity contribution >= 4 is 18.1 Å². The number of carbonyl (C=O) groups is 2. The molecule has 0 aliphatic rings. The summed E-state index contributed by atoms with van der Waals surface area (Å²) in [5, 5.41) is 4.16. The minimum Gasteiger partial charge on any atom is -0.462 e. The number of ether oxygens (including phenoxy) is 1. The zero-order valence-electron chi connectivity index (χ0n) is 20.1. The minimum absolute atomic E-state index is 0.0365. The van der Waals surface area contributed by atoms with Crippen LogP contribution in [0.4, 0.5) is 0 Å². The lowest BCUT2D eigenvalue weighted by molar-refractivity contribution is 0.0526. The van der Waals surface area contributed by atoms with Gasteiger partial charge in [-0.05, 0) is 74.2 Å². The molecular weight excluding hydrogens is 414 g/mol. The highest BCUT2D eigenvalue weighted by molar-refractivity contribution is 5.95. The van der Waals surface area contributed by atoms with Gasteiger partial charge in [-0.1, -0.05) is 32.9 Å². The van der Waals surface area contributed by atoms with Gasteiger partial charge in [-0.3, -0.25) is 4.79 Å². The maximum atomic E-state index is 12.4. The molecule has 0 aliphatic heterocycles. The molecule has 1 N–H and O–H groups in total. The molecule has 1 heterocycles. The fourth-order valence-corrected chi connectivity index (χ4v) is 3.62. The van der Waals surface area contributed by atoms with E-state index in [0.717, 1.165) is 22.6 Å². The Morgan fingerprint density at radius 2 is 1.61 bits per heavy atom. The molecule has 0 aliphatic carbocycles. The van der Waals surface area contributed by atoms with Crippen LogP contribution in [0, 0.1) is 13.8 Å². The van der Waals surface area contributed by atoms with E-state index in [0.29, 0.717) is 17.7 Å². The molecule has 1 aromatic heterocycles. The molecule has 0 atom stereocenters. The van der Waals surface area contributed by atoms with Crippen LogP contribution in [0.5, 0.6) is 0 Å². The van der Waals surface area contributed by atoms with Crippen molar-refractivity contribution in [1.82, 2.24) is 9.99 Å². The number of hydrazone groups is 1. The molecule has 0 saturated heterocycles. The number of hydrogen-bond acceptors (Lipinski definition) is 4. The van der Waals surface area contributed by atoms with Gasteiger partial charge in [0.2, 0.25) is 0 Å². The predicted octanol–water partition coefficient (Wildman–Crippen LogP) is 5.33. The minimum atomic E-state index is -0.332. The summed E-state index contributed by atoms with van der Waals surface area (Å²) in [5.41, 5.74) is 8.71. The zero-order chi connectivity index (χ0) is 24.2. The van der Waals surface area contributed by atoms with Gasteiger partial charge in [0.25, 0.3) is 5.91 Å². The van der Waals surface area contributed by atoms with Crippen molar-refractivity contribution in [3.8, 4) is 5.69 Å². The number of rotatable bonds is 6. The van der Waals surface area contributed by atoms with Gasteiger partial charge in [-0.15, -0.1) is 0 Å². The van der Waals surface area contributed by atoms with Crippen LogP contribution in [-0.4, -0.2) is 29.3 Å². The second kappa shape index (κ2) is 9.86. The average molecular weight is 446 g/mol. The summed E-state index contributed by atoms with van der Waals surface area (Å²) in [6.07, 6.45) is 1.65. The van der Waals surface area contributed by atoms with E-state index in [-0.39, 0.29) is 17.3 Å². The first-order chi connectivity index (χ1) is 15.6. The molecule has 3 rings (SSSR count). The van der Waals surface area contributed by atoms with E-state index >= 15 is 0 Å². The van der Waals surface area contributed by atoms with Gasteiger partial charge < -0.3 is 9.30 Å². The highest BCUT2D eigenvalue weighted by atomic mass is 16.5.